The molecule has 0 heterocycles. The monoisotopic (exact) mass is 473 g/mol. The maximum atomic E-state index is 13.3. The van der Waals surface area contributed by atoms with E-state index in [1.54, 1.807) is 0 Å². The van der Waals surface area contributed by atoms with Crippen molar-refractivity contribution in [3.05, 3.63) is 0 Å². The normalized spacial score (nSPS) is 16.1. The summed E-state index contributed by atoms with van der Waals surface area (Å²) in [6, 6.07) is -10.2. The Kier molecular flexibility index (Phi) is 6.43. The summed E-state index contributed by atoms with van der Waals surface area (Å²) in [4.78, 5) is 10.8. The smallest absolute Gasteiger partial charge is 0.351 e. The molecule has 0 aromatic rings. The fourth-order valence-electron chi connectivity index (χ4n) is 1.20. The van der Waals surface area contributed by atoms with Crippen LogP contribution in [0.4, 0.5) is 75.0 Å². The minimum absolute atomic E-state index is 0.164. The van der Waals surface area contributed by atoms with E-state index in [1.807, 2.05) is 0 Å². The molecule has 0 spiro atoms. The molecule has 2 amide bonds. The summed E-state index contributed by atoms with van der Waals surface area (Å²) in [5.41, 5.74) is 3.97. The van der Waals surface area contributed by atoms with E-state index in [2.05, 4.69) is 5.73 Å². The Balaban J connectivity index is 6.78. The molecule has 0 aliphatic rings. The molecule has 0 saturated heterocycles. The van der Waals surface area contributed by atoms with Gasteiger partial charge in [0.2, 0.25) is 0 Å². The minimum Gasteiger partial charge on any atom is -0.351 e. The Morgan fingerprint density at radius 3 is 1.24 bits per heavy atom. The lowest BCUT2D eigenvalue weighted by Gasteiger charge is -2.33. The molecule has 0 rings (SSSR count). The van der Waals surface area contributed by atoms with E-state index in [0.717, 1.165) is 0 Å². The van der Waals surface area contributed by atoms with E-state index >= 15 is 0 Å². The predicted molar refractivity (Wildman–Crippen MR) is 57.0 cm³/mol. The van der Waals surface area contributed by atoms with Gasteiger partial charge in [0.1, 0.15) is 0 Å². The van der Waals surface area contributed by atoms with Gasteiger partial charge < -0.3 is 5.73 Å². The van der Waals surface area contributed by atoms with Crippen molar-refractivity contribution >= 4 is 11.9 Å². The van der Waals surface area contributed by atoms with E-state index < -0.39 is 54.0 Å². The van der Waals surface area contributed by atoms with Crippen LogP contribution in [0.25, 0.3) is 0 Å². The Bertz CT molecular complexity index is 660. The first-order valence-electron chi connectivity index (χ1n) is 5.96. The molecule has 0 aromatic heterocycles. The quantitative estimate of drug-likeness (QED) is 0.266. The molecule has 0 radical (unpaired) electrons. The third kappa shape index (κ3) is 4.38. The third-order valence-electron chi connectivity index (χ3n) is 2.67. The number of hydrogen-bond acceptors (Lipinski definition) is 2. The molecule has 0 aliphatic carbocycles. The van der Waals surface area contributed by atoms with Crippen LogP contribution >= 0.6 is 0 Å². The largest absolute Gasteiger partial charge is 0.460 e. The second-order valence-electron chi connectivity index (χ2n) is 4.78. The van der Waals surface area contributed by atoms with Gasteiger partial charge in [-0.05, 0) is 0 Å². The molecule has 172 valence electrons. The van der Waals surface area contributed by atoms with E-state index in [9.17, 15) is 75.0 Å². The molecule has 0 bridgehead atoms. The second-order valence-corrected chi connectivity index (χ2v) is 4.78. The number of hydrogen-bond donors (Lipinski definition) is 2. The molecule has 4 nitrogen and oxygen atoms in total. The van der Waals surface area contributed by atoms with Gasteiger partial charge in [0.25, 0.3) is 0 Å². The number of carbonyl (C=O) groups excluding carboxylic acids is 1. The summed E-state index contributed by atoms with van der Waals surface area (Å²) >= 11 is 0. The summed E-state index contributed by atoms with van der Waals surface area (Å²) in [6.45, 7) is 0. The number of rotatable bonds is 5. The lowest BCUT2D eigenvalue weighted by molar-refractivity contribution is -0.394. The van der Waals surface area contributed by atoms with Crippen LogP contribution in [0.3, 0.4) is 0 Å². The molecule has 0 atom stereocenters. The summed E-state index contributed by atoms with van der Waals surface area (Å²) < 4.78 is 201. The van der Waals surface area contributed by atoms with Gasteiger partial charge in [0.05, 0.1) is 0 Å². The maximum Gasteiger partial charge on any atom is 0.460 e. The van der Waals surface area contributed by atoms with Gasteiger partial charge in [0.15, 0.2) is 5.84 Å². The van der Waals surface area contributed by atoms with Crippen molar-refractivity contribution in [2.24, 2.45) is 10.7 Å². The first kappa shape index (κ1) is 26.8. The molecule has 0 aliphatic heterocycles. The minimum atomic E-state index is -7.81. The highest BCUT2D eigenvalue weighted by molar-refractivity contribution is 6.01. The Morgan fingerprint density at radius 2 is 0.966 bits per heavy atom. The topological polar surface area (TPSA) is 67.5 Å². The maximum absolute atomic E-state index is 13.3. The Labute approximate surface area is 146 Å². The van der Waals surface area contributed by atoms with Crippen LogP contribution in [-0.2, 0) is 0 Å². The molecule has 20 heteroatoms. The number of nitrogens with one attached hydrogen (secondary N) is 1. The van der Waals surface area contributed by atoms with E-state index in [1.165, 1.54) is 0 Å². The van der Waals surface area contributed by atoms with Crippen LogP contribution in [0.2, 0.25) is 0 Å². The van der Waals surface area contributed by atoms with Gasteiger partial charge in [-0.15, -0.1) is 0 Å². The van der Waals surface area contributed by atoms with Gasteiger partial charge >= 0.3 is 48.1 Å². The van der Waals surface area contributed by atoms with Crippen molar-refractivity contribution in [3.8, 4) is 0 Å². The fourth-order valence-corrected chi connectivity index (χ4v) is 1.20. The highest BCUT2D eigenvalue weighted by Crippen LogP contribution is 2.54. The average Bonchev–Trinajstić information content (AvgIpc) is 2.42. The van der Waals surface area contributed by atoms with Crippen molar-refractivity contribution in [1.82, 2.24) is 5.32 Å². The van der Waals surface area contributed by atoms with Crippen LogP contribution in [0, 0.1) is 0 Å². The lowest BCUT2D eigenvalue weighted by atomic mass is 10.1. The number of urea groups is 1. The zero-order valence-electron chi connectivity index (χ0n) is 12.5. The summed E-state index contributed by atoms with van der Waals surface area (Å²) in [5, 5.41) is -0.164. The fraction of sp³-hybridized carbons (Fsp3) is 0.778. The van der Waals surface area contributed by atoms with Gasteiger partial charge in [-0.1, -0.05) is 0 Å². The number of alkyl halides is 16. The number of amides is 2. The molecule has 0 unspecified atom stereocenters. The van der Waals surface area contributed by atoms with Gasteiger partial charge in [-0.3, -0.25) is 5.32 Å². The van der Waals surface area contributed by atoms with E-state index in [-0.39, 0.29) is 5.32 Å². The van der Waals surface area contributed by atoms with Crippen LogP contribution in [0.15, 0.2) is 4.99 Å². The lowest BCUT2D eigenvalue weighted by Crippen LogP contribution is -2.64. The number of halogens is 16. The van der Waals surface area contributed by atoms with Gasteiger partial charge in [-0.25, -0.2) is 4.79 Å². The first-order valence-corrected chi connectivity index (χ1v) is 5.96. The van der Waals surface area contributed by atoms with Crippen LogP contribution in [0.1, 0.15) is 0 Å². The Hall–Kier alpha value is -2.18. The van der Waals surface area contributed by atoms with Crippen molar-refractivity contribution in [2.45, 2.75) is 42.1 Å². The van der Waals surface area contributed by atoms with Crippen molar-refractivity contribution in [1.29, 1.82) is 0 Å². The Morgan fingerprint density at radius 1 is 0.621 bits per heavy atom. The summed E-state index contributed by atoms with van der Waals surface area (Å²) in [7, 11) is 0. The summed E-state index contributed by atoms with van der Waals surface area (Å²) in [5.74, 6) is -34.3. The van der Waals surface area contributed by atoms with Gasteiger partial charge in [0, 0.05) is 0 Å². The number of carbonyl (C=O) groups is 1. The average molecular weight is 473 g/mol. The third-order valence-corrected chi connectivity index (χ3v) is 2.67. The van der Waals surface area contributed by atoms with Crippen molar-refractivity contribution < 1.29 is 75.0 Å². The number of primary amides is 1. The molecule has 29 heavy (non-hydrogen) atoms. The number of nitrogens with two attached hydrogens (primary N) is 1. The van der Waals surface area contributed by atoms with E-state index in [0.29, 0.717) is 4.99 Å². The number of amidine groups is 1. The summed E-state index contributed by atoms with van der Waals surface area (Å²) in [6.07, 6.45) is -14.8. The highest BCUT2D eigenvalue weighted by Gasteiger charge is 2.83. The first-order chi connectivity index (χ1) is 12.3. The van der Waals surface area contributed by atoms with Crippen LogP contribution < -0.4 is 11.1 Å². The van der Waals surface area contributed by atoms with E-state index in [4.69, 9.17) is 0 Å². The van der Waals surface area contributed by atoms with Crippen LogP contribution in [0.5, 0.6) is 0 Å². The molecule has 0 aromatic carbocycles. The van der Waals surface area contributed by atoms with Crippen molar-refractivity contribution in [3.63, 3.8) is 0 Å². The molecule has 0 saturated carbocycles. The SMILES string of the molecule is NC(=O)N/C(=N\C(F)(F)C(F)(F)C(F)(F)C(F)(F)F)C(F)(F)C(F)(F)C(F)(F)F. The molecule has 3 N–H and O–H groups in total. The predicted octanol–water partition coefficient (Wildman–Crippen LogP) is 4.31. The van der Waals surface area contributed by atoms with Crippen molar-refractivity contribution in [2.75, 3.05) is 0 Å². The number of nitrogens with zero attached hydrogens (tertiary/aromatic N) is 1. The van der Waals surface area contributed by atoms with Crippen LogP contribution in [-0.4, -0.2) is 54.0 Å². The van der Waals surface area contributed by atoms with Gasteiger partial charge in [-0.2, -0.15) is 75.2 Å². The zero-order chi connectivity index (χ0) is 24.1. The molecular formula is C9H3F16N3O. The zero-order valence-corrected chi connectivity index (χ0v) is 12.5. The molecular weight excluding hydrogens is 470 g/mol. The highest BCUT2D eigenvalue weighted by atomic mass is 19.4. The number of aliphatic imine (C=N–C) groups is 1. The standard InChI is InChI=1S/C9H3F16N3O/c10-3(11,4(12,13)7(18,19)20)1(27-2(26)29)28-9(24,25)6(16,17)5(14,15)8(21,22)23/h(H3,26,27,28,29). The second kappa shape index (κ2) is 6.96. The molecule has 0 fully saturated rings.